The van der Waals surface area contributed by atoms with Crippen LogP contribution in [0.1, 0.15) is 45.1 Å². The van der Waals surface area contributed by atoms with E-state index in [9.17, 15) is 9.90 Å². The van der Waals surface area contributed by atoms with Crippen LogP contribution < -0.4 is 0 Å². The molecule has 31 heavy (non-hydrogen) atoms. The Morgan fingerprint density at radius 1 is 1.26 bits per heavy atom. The van der Waals surface area contributed by atoms with Crippen LogP contribution in [0.4, 0.5) is 0 Å². The smallest absolute Gasteiger partial charge is 0.311 e. The van der Waals surface area contributed by atoms with E-state index in [4.69, 9.17) is 16.3 Å². The van der Waals surface area contributed by atoms with Gasteiger partial charge in [-0.1, -0.05) is 55.3 Å². The second kappa shape index (κ2) is 8.06. The molecule has 5 rings (SSSR count). The molecule has 2 heterocycles. The van der Waals surface area contributed by atoms with Crippen LogP contribution in [0.15, 0.2) is 42.0 Å². The largest absolute Gasteiger partial charge is 0.461 e. The Bertz CT molecular complexity index is 923. The number of esters is 1. The minimum absolute atomic E-state index is 0.114. The van der Waals surface area contributed by atoms with Crippen LogP contribution in [0, 0.1) is 23.2 Å². The zero-order valence-corrected chi connectivity index (χ0v) is 19.1. The number of aliphatic hydroxyl groups is 1. The predicted octanol–water partition coefficient (Wildman–Crippen LogP) is 4.71. The van der Waals surface area contributed by atoms with Crippen LogP contribution in [0.5, 0.6) is 0 Å². The molecule has 2 aliphatic heterocycles. The lowest BCUT2D eigenvalue weighted by atomic mass is 9.55. The van der Waals surface area contributed by atoms with Crippen LogP contribution in [-0.4, -0.2) is 47.8 Å². The summed E-state index contributed by atoms with van der Waals surface area (Å²) < 4.78 is 5.83. The first-order valence-electron chi connectivity index (χ1n) is 11.6. The molecule has 1 saturated carbocycles. The molecule has 1 saturated heterocycles. The molecule has 2 aliphatic carbocycles. The monoisotopic (exact) mass is 441 g/mol. The summed E-state index contributed by atoms with van der Waals surface area (Å²) >= 11 is 6.02. The van der Waals surface area contributed by atoms with E-state index < -0.39 is 6.10 Å². The topological polar surface area (TPSA) is 49.8 Å². The van der Waals surface area contributed by atoms with Crippen molar-refractivity contribution >= 4 is 23.1 Å². The molecule has 5 heteroatoms. The summed E-state index contributed by atoms with van der Waals surface area (Å²) in [6, 6.07) is 7.99. The molecule has 4 nitrogen and oxygen atoms in total. The van der Waals surface area contributed by atoms with E-state index >= 15 is 0 Å². The highest BCUT2D eigenvalue weighted by atomic mass is 35.5. The fourth-order valence-corrected chi connectivity index (χ4v) is 6.48. The molecule has 4 aliphatic rings. The molecule has 2 fully saturated rings. The highest BCUT2D eigenvalue weighted by Gasteiger charge is 2.59. The van der Waals surface area contributed by atoms with Gasteiger partial charge in [-0.25, -0.2) is 0 Å². The van der Waals surface area contributed by atoms with E-state index in [0.29, 0.717) is 12.5 Å². The highest BCUT2D eigenvalue weighted by Crippen LogP contribution is 2.56. The number of ether oxygens (including phenoxy) is 1. The van der Waals surface area contributed by atoms with Crippen molar-refractivity contribution < 1.29 is 14.6 Å². The minimum Gasteiger partial charge on any atom is -0.461 e. The van der Waals surface area contributed by atoms with Gasteiger partial charge in [0.2, 0.25) is 0 Å². The lowest BCUT2D eigenvalue weighted by Gasteiger charge is -2.52. The molecule has 0 unspecified atom stereocenters. The number of aliphatic hydroxyl groups excluding tert-OH is 1. The molecule has 0 spiro atoms. The van der Waals surface area contributed by atoms with Gasteiger partial charge in [-0.05, 0) is 48.4 Å². The average Bonchev–Trinajstić information content (AvgIpc) is 3.07. The van der Waals surface area contributed by atoms with Gasteiger partial charge in [0.25, 0.3) is 0 Å². The SMILES string of the molecule is C[C@H]1CCC=C2C[C@H]3OC(=O)[C@H](CN4CC=C(c5ccc(Cl)cc5)CC4)[C@H]3[C@H](O)[C@@]21C. The Kier molecular flexibility index (Phi) is 5.52. The Labute approximate surface area is 189 Å². The first-order chi connectivity index (χ1) is 14.9. The van der Waals surface area contributed by atoms with Crippen LogP contribution in [-0.2, 0) is 9.53 Å². The van der Waals surface area contributed by atoms with E-state index in [1.54, 1.807) is 0 Å². The van der Waals surface area contributed by atoms with Gasteiger partial charge in [-0.3, -0.25) is 9.69 Å². The van der Waals surface area contributed by atoms with Crippen LogP contribution in [0.3, 0.4) is 0 Å². The number of halogens is 1. The molecule has 0 aromatic heterocycles. The minimum atomic E-state index is -0.533. The summed E-state index contributed by atoms with van der Waals surface area (Å²) in [6.45, 7) is 6.83. The summed E-state index contributed by atoms with van der Waals surface area (Å²) in [5.41, 5.74) is 3.60. The zero-order valence-electron chi connectivity index (χ0n) is 18.4. The predicted molar refractivity (Wildman–Crippen MR) is 123 cm³/mol. The zero-order chi connectivity index (χ0) is 21.8. The van der Waals surface area contributed by atoms with Gasteiger partial charge in [0.1, 0.15) is 6.10 Å². The van der Waals surface area contributed by atoms with Gasteiger partial charge in [-0.15, -0.1) is 0 Å². The third-order valence-corrected chi connectivity index (χ3v) is 8.79. The molecule has 1 N–H and O–H groups in total. The molecule has 0 radical (unpaired) electrons. The highest BCUT2D eigenvalue weighted by molar-refractivity contribution is 6.30. The first-order valence-corrected chi connectivity index (χ1v) is 12.0. The van der Waals surface area contributed by atoms with Gasteiger partial charge >= 0.3 is 5.97 Å². The summed E-state index contributed by atoms with van der Waals surface area (Å²) in [4.78, 5) is 15.2. The Hall–Kier alpha value is -1.62. The molecular formula is C26H32ClNO3. The Balaban J connectivity index is 1.31. The average molecular weight is 442 g/mol. The maximum Gasteiger partial charge on any atom is 0.311 e. The number of carbonyl (C=O) groups excluding carboxylic acids is 1. The summed E-state index contributed by atoms with van der Waals surface area (Å²) in [5.74, 6) is -0.0773. The van der Waals surface area contributed by atoms with Crippen molar-refractivity contribution in [1.29, 1.82) is 0 Å². The first kappa shape index (κ1) is 21.2. The molecular weight excluding hydrogens is 410 g/mol. The van der Waals surface area contributed by atoms with Crippen LogP contribution in [0.2, 0.25) is 5.02 Å². The van der Waals surface area contributed by atoms with Crippen molar-refractivity contribution in [1.82, 2.24) is 4.90 Å². The van der Waals surface area contributed by atoms with Gasteiger partial charge in [0.05, 0.1) is 12.0 Å². The van der Waals surface area contributed by atoms with Gasteiger partial charge in [0, 0.05) is 42.4 Å². The van der Waals surface area contributed by atoms with E-state index in [-0.39, 0.29) is 29.3 Å². The van der Waals surface area contributed by atoms with Crippen molar-refractivity contribution in [2.45, 2.75) is 51.7 Å². The van der Waals surface area contributed by atoms with E-state index in [0.717, 1.165) is 43.8 Å². The van der Waals surface area contributed by atoms with Crippen molar-refractivity contribution in [2.75, 3.05) is 19.6 Å². The van der Waals surface area contributed by atoms with Crippen molar-refractivity contribution in [3.8, 4) is 0 Å². The van der Waals surface area contributed by atoms with Crippen LogP contribution in [0.25, 0.3) is 5.57 Å². The number of benzene rings is 1. The quantitative estimate of drug-likeness (QED) is 0.545. The molecule has 0 amide bonds. The van der Waals surface area contributed by atoms with Crippen LogP contribution >= 0.6 is 11.6 Å². The fraction of sp³-hybridized carbons (Fsp3) is 0.577. The molecule has 1 aromatic carbocycles. The maximum absolute atomic E-state index is 12.9. The lowest BCUT2D eigenvalue weighted by molar-refractivity contribution is -0.145. The maximum atomic E-state index is 12.9. The third kappa shape index (κ3) is 3.57. The number of fused-ring (bicyclic) bond motifs is 2. The molecule has 6 atom stereocenters. The number of nitrogens with zero attached hydrogens (tertiary/aromatic N) is 1. The summed E-state index contributed by atoms with van der Waals surface area (Å²) in [6.07, 6.45) is 7.72. The van der Waals surface area contributed by atoms with Gasteiger partial charge in [0.15, 0.2) is 0 Å². The van der Waals surface area contributed by atoms with E-state index in [2.05, 4.69) is 43.0 Å². The van der Waals surface area contributed by atoms with Crippen molar-refractivity contribution in [2.24, 2.45) is 23.2 Å². The second-order valence-electron chi connectivity index (χ2n) is 10.0. The fourth-order valence-electron chi connectivity index (χ4n) is 6.36. The van der Waals surface area contributed by atoms with Crippen molar-refractivity contribution in [3.63, 3.8) is 0 Å². The summed E-state index contributed by atoms with van der Waals surface area (Å²) in [7, 11) is 0. The number of allylic oxidation sites excluding steroid dienone is 1. The molecule has 166 valence electrons. The van der Waals surface area contributed by atoms with E-state index in [1.165, 1.54) is 16.7 Å². The van der Waals surface area contributed by atoms with Gasteiger partial charge in [-0.2, -0.15) is 0 Å². The lowest BCUT2D eigenvalue weighted by Crippen LogP contribution is -2.54. The number of carbonyl (C=O) groups is 1. The molecule has 1 aromatic rings. The number of hydrogen-bond donors (Lipinski definition) is 1. The molecule has 0 bridgehead atoms. The summed E-state index contributed by atoms with van der Waals surface area (Å²) in [5, 5.41) is 12.3. The Morgan fingerprint density at radius 2 is 2.03 bits per heavy atom. The normalized spacial score (nSPS) is 38.1. The number of rotatable bonds is 3. The second-order valence-corrected chi connectivity index (χ2v) is 10.5. The Morgan fingerprint density at radius 3 is 2.74 bits per heavy atom. The van der Waals surface area contributed by atoms with E-state index in [1.807, 2.05) is 12.1 Å². The van der Waals surface area contributed by atoms with Gasteiger partial charge < -0.3 is 9.84 Å². The third-order valence-electron chi connectivity index (χ3n) is 8.53. The standard InChI is InChI=1S/C26H32ClNO3/c1-16-4-3-5-19-14-22-23(24(29)26(16,19)2)21(25(30)31-22)15-28-12-10-18(11-13-28)17-6-8-20(27)9-7-17/h5-10,16,21-24,29H,3-4,11-15H2,1-2H3/t16-,21+,22+,23+,24-,26+/m0/s1. The number of hydrogen-bond acceptors (Lipinski definition) is 4. The van der Waals surface area contributed by atoms with Crippen molar-refractivity contribution in [3.05, 3.63) is 52.6 Å².